The van der Waals surface area contributed by atoms with Crippen LogP contribution in [0.1, 0.15) is 59.0 Å². The van der Waals surface area contributed by atoms with E-state index in [1.165, 1.54) is 0 Å². The van der Waals surface area contributed by atoms with Crippen molar-refractivity contribution in [2.75, 3.05) is 0 Å². The summed E-state index contributed by atoms with van der Waals surface area (Å²) < 4.78 is 5.62. The largest absolute Gasteiger partial charge is 0.369 e. The summed E-state index contributed by atoms with van der Waals surface area (Å²) in [7, 11) is 0. The lowest BCUT2D eigenvalue weighted by atomic mass is 9.90. The Labute approximate surface area is 106 Å². The van der Waals surface area contributed by atoms with Crippen LogP contribution in [0.15, 0.2) is 6.07 Å². The molecule has 1 unspecified atom stereocenters. The van der Waals surface area contributed by atoms with Crippen LogP contribution in [-0.4, -0.2) is 11.6 Å². The molecule has 1 heterocycles. The predicted molar refractivity (Wildman–Crippen MR) is 66.7 cm³/mol. The summed E-state index contributed by atoms with van der Waals surface area (Å²) in [5.74, 6) is 0.354. The fraction of sp³-hybridized carbons (Fsp3) is 0.467. The summed E-state index contributed by atoms with van der Waals surface area (Å²) in [6, 6.07) is 2.07. The maximum Gasteiger partial charge on any atom is 0.163 e. The summed E-state index contributed by atoms with van der Waals surface area (Å²) in [5.41, 5.74) is 5.13. The van der Waals surface area contributed by atoms with E-state index in [9.17, 15) is 9.59 Å². The summed E-state index contributed by atoms with van der Waals surface area (Å²) in [6.45, 7) is 4.14. The molecular formula is C15H16O3. The molecule has 1 aromatic rings. The number of carbonyl (C=O) groups is 2. The molecule has 0 N–H and O–H groups in total. The maximum absolute atomic E-state index is 12.1. The molecule has 0 amide bonds. The van der Waals surface area contributed by atoms with E-state index in [0.29, 0.717) is 19.4 Å². The van der Waals surface area contributed by atoms with Gasteiger partial charge in [0.05, 0.1) is 12.7 Å². The highest BCUT2D eigenvalue weighted by Crippen LogP contribution is 2.40. The second kappa shape index (κ2) is 4.02. The third kappa shape index (κ3) is 1.62. The Hall–Kier alpha value is -1.48. The smallest absolute Gasteiger partial charge is 0.163 e. The topological polar surface area (TPSA) is 43.4 Å². The highest BCUT2D eigenvalue weighted by atomic mass is 16.5. The molecule has 1 aliphatic carbocycles. The maximum atomic E-state index is 12.1. The van der Waals surface area contributed by atoms with E-state index in [4.69, 9.17) is 4.74 Å². The second-order valence-electron chi connectivity index (χ2n) is 5.22. The van der Waals surface area contributed by atoms with Crippen LogP contribution in [0.25, 0.3) is 0 Å². The van der Waals surface area contributed by atoms with E-state index < -0.39 is 0 Å². The van der Waals surface area contributed by atoms with Crippen molar-refractivity contribution in [2.45, 2.75) is 45.8 Å². The molecule has 0 spiro atoms. The molecule has 0 fully saturated rings. The van der Waals surface area contributed by atoms with Gasteiger partial charge in [0.2, 0.25) is 0 Å². The molecule has 3 rings (SSSR count). The quantitative estimate of drug-likeness (QED) is 0.803. The normalized spacial score (nSPS) is 21.0. The highest BCUT2D eigenvalue weighted by molar-refractivity contribution is 6.03. The molecule has 3 heteroatoms. The standard InChI is InChI=1S/C15H16O3/c1-8(16)5-10-6-11-7-18-9(2)14(11)15-12(10)3-4-13(15)17/h6,9H,3-5,7H2,1-2H3. The van der Waals surface area contributed by atoms with Gasteiger partial charge in [0.15, 0.2) is 5.78 Å². The minimum Gasteiger partial charge on any atom is -0.369 e. The number of rotatable bonds is 2. The van der Waals surface area contributed by atoms with Crippen LogP contribution in [0.2, 0.25) is 0 Å². The van der Waals surface area contributed by atoms with Crippen LogP contribution in [-0.2, 0) is 29.0 Å². The fourth-order valence-corrected chi connectivity index (χ4v) is 3.13. The third-order valence-electron chi connectivity index (χ3n) is 3.87. The minimum atomic E-state index is 0.00202. The molecule has 3 nitrogen and oxygen atoms in total. The number of fused-ring (bicyclic) bond motifs is 3. The lowest BCUT2D eigenvalue weighted by Gasteiger charge is -2.13. The van der Waals surface area contributed by atoms with Crippen LogP contribution in [0, 0.1) is 0 Å². The first-order chi connectivity index (χ1) is 8.58. The van der Waals surface area contributed by atoms with Crippen molar-refractivity contribution in [3.8, 4) is 0 Å². The summed E-state index contributed by atoms with van der Waals surface area (Å²) in [5, 5.41) is 0. The van der Waals surface area contributed by atoms with Crippen LogP contribution in [0.4, 0.5) is 0 Å². The van der Waals surface area contributed by atoms with Gasteiger partial charge in [0.25, 0.3) is 0 Å². The molecule has 0 aromatic heterocycles. The molecule has 94 valence electrons. The summed E-state index contributed by atoms with van der Waals surface area (Å²) in [6.07, 6.45) is 1.78. The van der Waals surface area contributed by atoms with Crippen molar-refractivity contribution in [3.63, 3.8) is 0 Å². The minimum absolute atomic E-state index is 0.00202. The molecule has 0 saturated heterocycles. The number of carbonyl (C=O) groups excluding carboxylic acids is 2. The van der Waals surface area contributed by atoms with E-state index in [0.717, 1.165) is 34.2 Å². The van der Waals surface area contributed by atoms with Gasteiger partial charge in [-0.15, -0.1) is 0 Å². The van der Waals surface area contributed by atoms with Crippen LogP contribution in [0.3, 0.4) is 0 Å². The van der Waals surface area contributed by atoms with Crippen molar-refractivity contribution >= 4 is 11.6 Å². The van der Waals surface area contributed by atoms with Gasteiger partial charge in [-0.25, -0.2) is 0 Å². The molecule has 1 aromatic carbocycles. The van der Waals surface area contributed by atoms with Gasteiger partial charge in [-0.3, -0.25) is 9.59 Å². The third-order valence-corrected chi connectivity index (χ3v) is 3.87. The number of ether oxygens (including phenoxy) is 1. The molecule has 0 saturated carbocycles. The van der Waals surface area contributed by atoms with Gasteiger partial charge in [0.1, 0.15) is 5.78 Å². The molecular weight excluding hydrogens is 228 g/mol. The van der Waals surface area contributed by atoms with Crippen molar-refractivity contribution in [1.82, 2.24) is 0 Å². The van der Waals surface area contributed by atoms with Crippen molar-refractivity contribution < 1.29 is 14.3 Å². The molecule has 2 aliphatic rings. The van der Waals surface area contributed by atoms with E-state index in [1.54, 1.807) is 6.92 Å². The van der Waals surface area contributed by atoms with E-state index in [-0.39, 0.29) is 17.7 Å². The van der Waals surface area contributed by atoms with Crippen LogP contribution >= 0.6 is 0 Å². The Kier molecular flexibility index (Phi) is 2.59. The number of benzene rings is 1. The summed E-state index contributed by atoms with van der Waals surface area (Å²) in [4.78, 5) is 23.4. The number of hydrogen-bond acceptors (Lipinski definition) is 3. The summed E-state index contributed by atoms with van der Waals surface area (Å²) >= 11 is 0. The van der Waals surface area contributed by atoms with Gasteiger partial charge >= 0.3 is 0 Å². The Balaban J connectivity index is 2.21. The first kappa shape index (κ1) is 11.6. The number of ketones is 2. The second-order valence-corrected chi connectivity index (χ2v) is 5.22. The van der Waals surface area contributed by atoms with E-state index in [2.05, 4.69) is 6.07 Å². The van der Waals surface area contributed by atoms with E-state index in [1.807, 2.05) is 6.92 Å². The Bertz CT molecular complexity index is 557. The SMILES string of the molecule is CC(=O)Cc1cc2c(c3c1CCC3=O)C(C)OC2. The van der Waals surface area contributed by atoms with Gasteiger partial charge in [-0.05, 0) is 42.5 Å². The fourth-order valence-electron chi connectivity index (χ4n) is 3.13. The number of Topliss-reactive ketones (excluding diaryl/α,β-unsaturated/α-hetero) is 2. The van der Waals surface area contributed by atoms with Gasteiger partial charge in [0, 0.05) is 18.4 Å². The zero-order valence-corrected chi connectivity index (χ0v) is 10.7. The monoisotopic (exact) mass is 244 g/mol. The van der Waals surface area contributed by atoms with Crippen molar-refractivity contribution in [1.29, 1.82) is 0 Å². The zero-order chi connectivity index (χ0) is 12.9. The molecule has 18 heavy (non-hydrogen) atoms. The Morgan fingerprint density at radius 2 is 2.22 bits per heavy atom. The first-order valence-corrected chi connectivity index (χ1v) is 6.39. The molecule has 1 atom stereocenters. The van der Waals surface area contributed by atoms with Gasteiger partial charge in [-0.1, -0.05) is 6.07 Å². The average Bonchev–Trinajstić information content (AvgIpc) is 2.83. The zero-order valence-electron chi connectivity index (χ0n) is 10.7. The van der Waals surface area contributed by atoms with Gasteiger partial charge < -0.3 is 4.74 Å². The molecule has 1 aliphatic heterocycles. The van der Waals surface area contributed by atoms with Gasteiger partial charge in [-0.2, -0.15) is 0 Å². The first-order valence-electron chi connectivity index (χ1n) is 6.39. The van der Waals surface area contributed by atoms with E-state index >= 15 is 0 Å². The lowest BCUT2D eigenvalue weighted by Crippen LogP contribution is -2.07. The van der Waals surface area contributed by atoms with Crippen LogP contribution < -0.4 is 0 Å². The number of hydrogen-bond donors (Lipinski definition) is 0. The Morgan fingerprint density at radius 1 is 1.44 bits per heavy atom. The molecule has 0 bridgehead atoms. The average molecular weight is 244 g/mol. The lowest BCUT2D eigenvalue weighted by molar-refractivity contribution is -0.116. The predicted octanol–water partition coefficient (Wildman–Crippen LogP) is 2.54. The van der Waals surface area contributed by atoms with Crippen molar-refractivity contribution in [3.05, 3.63) is 33.9 Å². The van der Waals surface area contributed by atoms with Crippen molar-refractivity contribution in [2.24, 2.45) is 0 Å². The Morgan fingerprint density at radius 3 is 2.94 bits per heavy atom. The highest BCUT2D eigenvalue weighted by Gasteiger charge is 2.33. The van der Waals surface area contributed by atoms with Crippen LogP contribution in [0.5, 0.6) is 0 Å². The molecule has 0 radical (unpaired) electrons.